The Hall–Kier alpha value is -1.76. The molecule has 3 rings (SSSR count). The molecule has 1 heterocycles. The number of carbonyl (C=O) groups is 1. The molecule has 1 aromatic carbocycles. The van der Waals surface area contributed by atoms with Crippen LogP contribution in [0.5, 0.6) is 5.75 Å². The fraction of sp³-hybridized carbons (Fsp3) is 0.588. The number of rotatable bonds is 5. The Morgan fingerprint density at radius 2 is 2.12 bits per heavy atom. The molecule has 7 heteroatoms. The highest BCUT2D eigenvalue weighted by molar-refractivity contribution is 7.91. The Morgan fingerprint density at radius 1 is 1.33 bits per heavy atom. The number of sulfone groups is 1. The summed E-state index contributed by atoms with van der Waals surface area (Å²) in [6, 6.07) is 5.69. The predicted octanol–water partition coefficient (Wildman–Crippen LogP) is 1.38. The van der Waals surface area contributed by atoms with Crippen molar-refractivity contribution in [1.82, 2.24) is 10.2 Å². The van der Waals surface area contributed by atoms with E-state index in [1.807, 2.05) is 6.07 Å². The first-order valence-electron chi connectivity index (χ1n) is 8.40. The lowest BCUT2D eigenvalue weighted by Crippen LogP contribution is -2.45. The maximum atomic E-state index is 12.1. The molecular weight excluding hydrogens is 328 g/mol. The highest BCUT2D eigenvalue weighted by atomic mass is 32.2. The summed E-state index contributed by atoms with van der Waals surface area (Å²) >= 11 is 0. The molecule has 2 aliphatic rings. The smallest absolute Gasteiger partial charge is 0.317 e. The minimum atomic E-state index is -2.99. The molecule has 1 unspecified atom stereocenters. The van der Waals surface area contributed by atoms with Crippen molar-refractivity contribution < 1.29 is 17.9 Å². The Labute approximate surface area is 143 Å². The summed E-state index contributed by atoms with van der Waals surface area (Å²) in [6.45, 7) is 0.779. The fourth-order valence-corrected chi connectivity index (χ4v) is 5.11. The van der Waals surface area contributed by atoms with Gasteiger partial charge in [0.05, 0.1) is 18.1 Å². The van der Waals surface area contributed by atoms with Crippen LogP contribution in [0.3, 0.4) is 0 Å². The normalized spacial score (nSPS) is 21.3. The minimum absolute atomic E-state index is 0.0581. The molecule has 6 nitrogen and oxygen atoms in total. The van der Waals surface area contributed by atoms with Crippen molar-refractivity contribution in [1.29, 1.82) is 0 Å². The molecule has 0 radical (unpaired) electrons. The van der Waals surface area contributed by atoms with Crippen molar-refractivity contribution in [3.8, 4) is 5.75 Å². The maximum Gasteiger partial charge on any atom is 0.317 e. The van der Waals surface area contributed by atoms with E-state index in [2.05, 4.69) is 17.4 Å². The van der Waals surface area contributed by atoms with Gasteiger partial charge in [-0.25, -0.2) is 13.2 Å². The molecular formula is C17H24N2O4S. The van der Waals surface area contributed by atoms with E-state index in [4.69, 9.17) is 4.74 Å². The van der Waals surface area contributed by atoms with Crippen LogP contribution in [-0.4, -0.2) is 57.1 Å². The third kappa shape index (κ3) is 4.01. The summed E-state index contributed by atoms with van der Waals surface area (Å²) in [5, 5.41) is 2.78. The van der Waals surface area contributed by atoms with Gasteiger partial charge in [0, 0.05) is 13.1 Å². The van der Waals surface area contributed by atoms with E-state index in [1.165, 1.54) is 22.4 Å². The zero-order valence-corrected chi connectivity index (χ0v) is 14.8. The van der Waals surface area contributed by atoms with Crippen LogP contribution < -0.4 is 10.1 Å². The van der Waals surface area contributed by atoms with Crippen molar-refractivity contribution >= 4 is 15.9 Å². The number of carbonyl (C=O) groups excluding carboxylic acids is 1. The maximum absolute atomic E-state index is 12.1. The molecule has 1 N–H and O–H groups in total. The van der Waals surface area contributed by atoms with Crippen molar-refractivity contribution in [3.05, 3.63) is 29.3 Å². The molecule has 0 bridgehead atoms. The van der Waals surface area contributed by atoms with Crippen LogP contribution in [0, 0.1) is 0 Å². The van der Waals surface area contributed by atoms with Crippen LogP contribution in [-0.2, 0) is 22.7 Å². The molecule has 1 saturated heterocycles. The predicted molar refractivity (Wildman–Crippen MR) is 92.2 cm³/mol. The van der Waals surface area contributed by atoms with E-state index in [0.29, 0.717) is 19.6 Å². The monoisotopic (exact) mass is 352 g/mol. The second kappa shape index (κ2) is 7.01. The van der Waals surface area contributed by atoms with Gasteiger partial charge in [0.15, 0.2) is 9.84 Å². The SMILES string of the molecule is CN(C(=O)NCCOc1ccc2c(c1)CCC2)C1CCS(=O)(=O)C1. The third-order valence-electron chi connectivity index (χ3n) is 4.79. The molecule has 1 fully saturated rings. The van der Waals surface area contributed by atoms with Crippen LogP contribution in [0.25, 0.3) is 0 Å². The average Bonchev–Trinajstić information content (AvgIpc) is 3.16. The molecule has 1 aliphatic heterocycles. The van der Waals surface area contributed by atoms with Crippen molar-refractivity contribution in [2.75, 3.05) is 31.7 Å². The topological polar surface area (TPSA) is 75.7 Å². The van der Waals surface area contributed by atoms with Crippen molar-refractivity contribution in [2.45, 2.75) is 31.7 Å². The number of ether oxygens (including phenoxy) is 1. The Bertz CT molecular complexity index is 717. The van der Waals surface area contributed by atoms with Crippen LogP contribution in [0.2, 0.25) is 0 Å². The first kappa shape index (κ1) is 17.1. The van der Waals surface area contributed by atoms with Gasteiger partial charge < -0.3 is 15.0 Å². The van der Waals surface area contributed by atoms with Gasteiger partial charge >= 0.3 is 6.03 Å². The van der Waals surface area contributed by atoms with Gasteiger partial charge in [-0.15, -0.1) is 0 Å². The van der Waals surface area contributed by atoms with Gasteiger partial charge in [-0.05, 0) is 48.9 Å². The van der Waals surface area contributed by atoms with E-state index >= 15 is 0 Å². The van der Waals surface area contributed by atoms with Gasteiger partial charge in [0.1, 0.15) is 12.4 Å². The number of amides is 2. The van der Waals surface area contributed by atoms with E-state index in [-0.39, 0.29) is 23.6 Å². The second-order valence-electron chi connectivity index (χ2n) is 6.53. The summed E-state index contributed by atoms with van der Waals surface area (Å²) in [6.07, 6.45) is 3.98. The minimum Gasteiger partial charge on any atom is -0.492 e. The van der Waals surface area contributed by atoms with Gasteiger partial charge in [-0.1, -0.05) is 6.07 Å². The number of hydrogen-bond acceptors (Lipinski definition) is 4. The number of nitrogens with zero attached hydrogens (tertiary/aromatic N) is 1. The first-order valence-corrected chi connectivity index (χ1v) is 10.2. The molecule has 24 heavy (non-hydrogen) atoms. The van der Waals surface area contributed by atoms with Gasteiger partial charge in [-0.2, -0.15) is 0 Å². The molecule has 0 spiro atoms. The molecule has 0 aromatic heterocycles. The van der Waals surface area contributed by atoms with Gasteiger partial charge in [0.25, 0.3) is 0 Å². The largest absolute Gasteiger partial charge is 0.492 e. The quantitative estimate of drug-likeness (QED) is 0.813. The lowest BCUT2D eigenvalue weighted by molar-refractivity contribution is 0.192. The average molecular weight is 352 g/mol. The molecule has 1 atom stereocenters. The first-order chi connectivity index (χ1) is 11.4. The van der Waals surface area contributed by atoms with Gasteiger partial charge in [0.2, 0.25) is 0 Å². The lowest BCUT2D eigenvalue weighted by Gasteiger charge is -2.23. The highest BCUT2D eigenvalue weighted by Crippen LogP contribution is 2.25. The van der Waals surface area contributed by atoms with E-state index < -0.39 is 9.84 Å². The molecule has 0 saturated carbocycles. The third-order valence-corrected chi connectivity index (χ3v) is 6.54. The zero-order chi connectivity index (χ0) is 17.2. The second-order valence-corrected chi connectivity index (χ2v) is 8.76. The fourth-order valence-electron chi connectivity index (χ4n) is 3.34. The molecule has 1 aliphatic carbocycles. The molecule has 1 aromatic rings. The molecule has 132 valence electrons. The number of hydrogen-bond donors (Lipinski definition) is 1. The van der Waals surface area contributed by atoms with Crippen LogP contribution in [0.15, 0.2) is 18.2 Å². The van der Waals surface area contributed by atoms with Crippen molar-refractivity contribution in [2.24, 2.45) is 0 Å². The number of urea groups is 1. The lowest BCUT2D eigenvalue weighted by atomic mass is 10.1. The number of aryl methyl sites for hydroxylation is 2. The summed E-state index contributed by atoms with van der Waals surface area (Å²) in [5.74, 6) is 1.05. The van der Waals surface area contributed by atoms with Crippen LogP contribution in [0.4, 0.5) is 4.79 Å². The Balaban J connectivity index is 1.41. The Kier molecular flexibility index (Phi) is 4.99. The summed E-state index contributed by atoms with van der Waals surface area (Å²) in [7, 11) is -1.35. The summed E-state index contributed by atoms with van der Waals surface area (Å²) in [4.78, 5) is 13.6. The van der Waals surface area contributed by atoms with E-state index in [0.717, 1.165) is 18.6 Å². The summed E-state index contributed by atoms with van der Waals surface area (Å²) < 4.78 is 28.7. The highest BCUT2D eigenvalue weighted by Gasteiger charge is 2.32. The number of nitrogens with one attached hydrogen (secondary N) is 1. The van der Waals surface area contributed by atoms with Crippen LogP contribution >= 0.6 is 0 Å². The molecule has 2 amide bonds. The van der Waals surface area contributed by atoms with E-state index in [1.54, 1.807) is 7.05 Å². The standard InChI is InChI=1S/C17H24N2O4S/c1-19(15-7-10-24(21,22)12-15)17(20)18-8-9-23-16-6-5-13-3-2-4-14(13)11-16/h5-6,11,15H,2-4,7-10,12H2,1H3,(H,18,20). The summed E-state index contributed by atoms with van der Waals surface area (Å²) in [5.41, 5.74) is 2.77. The number of fused-ring (bicyclic) bond motifs is 1. The van der Waals surface area contributed by atoms with Gasteiger partial charge in [-0.3, -0.25) is 0 Å². The zero-order valence-electron chi connectivity index (χ0n) is 14.0. The van der Waals surface area contributed by atoms with Crippen LogP contribution in [0.1, 0.15) is 24.0 Å². The number of benzene rings is 1. The Morgan fingerprint density at radius 3 is 2.88 bits per heavy atom. The van der Waals surface area contributed by atoms with E-state index in [9.17, 15) is 13.2 Å². The van der Waals surface area contributed by atoms with Crippen molar-refractivity contribution in [3.63, 3.8) is 0 Å².